The number of hydrogen-bond donors (Lipinski definition) is 1. The van der Waals surface area contributed by atoms with Crippen LogP contribution in [-0.4, -0.2) is 10.9 Å². The predicted molar refractivity (Wildman–Crippen MR) is 103 cm³/mol. The molecule has 0 saturated heterocycles. The average molecular weight is 332 g/mol. The highest BCUT2D eigenvalue weighted by molar-refractivity contribution is 5.98. The van der Waals surface area contributed by atoms with Crippen molar-refractivity contribution in [3.05, 3.63) is 78.0 Å². The van der Waals surface area contributed by atoms with Gasteiger partial charge in [-0.05, 0) is 36.2 Å². The molecule has 0 radical (unpaired) electrons. The fraction of sp³-hybridized carbons (Fsp3) is 0.273. The van der Waals surface area contributed by atoms with E-state index >= 15 is 0 Å². The van der Waals surface area contributed by atoms with Gasteiger partial charge in [-0.3, -0.25) is 9.78 Å². The van der Waals surface area contributed by atoms with Crippen LogP contribution in [0.4, 0.5) is 0 Å². The lowest BCUT2D eigenvalue weighted by Crippen LogP contribution is -2.28. The SMILES string of the molecule is CCCCCC(NC(=O)c1ccc2ncccc2c1)c1ccccc1. The van der Waals surface area contributed by atoms with Crippen LogP contribution in [0.5, 0.6) is 0 Å². The molecule has 3 heteroatoms. The van der Waals surface area contributed by atoms with Gasteiger partial charge in [-0.2, -0.15) is 0 Å². The molecule has 3 nitrogen and oxygen atoms in total. The molecule has 1 N–H and O–H groups in total. The zero-order valence-corrected chi connectivity index (χ0v) is 14.6. The highest BCUT2D eigenvalue weighted by Crippen LogP contribution is 2.21. The predicted octanol–water partition coefficient (Wildman–Crippen LogP) is 5.29. The van der Waals surface area contributed by atoms with E-state index in [-0.39, 0.29) is 11.9 Å². The minimum atomic E-state index is -0.0314. The van der Waals surface area contributed by atoms with Crippen LogP contribution in [0, 0.1) is 0 Å². The molecule has 2 aromatic carbocycles. The first-order valence-corrected chi connectivity index (χ1v) is 8.98. The molecule has 1 amide bonds. The number of carbonyl (C=O) groups excluding carboxylic acids is 1. The number of aromatic nitrogens is 1. The summed E-state index contributed by atoms with van der Waals surface area (Å²) >= 11 is 0. The van der Waals surface area contributed by atoms with Gasteiger partial charge in [0.15, 0.2) is 0 Å². The number of unbranched alkanes of at least 4 members (excludes halogenated alkanes) is 2. The lowest BCUT2D eigenvalue weighted by molar-refractivity contribution is 0.0934. The van der Waals surface area contributed by atoms with E-state index in [1.165, 1.54) is 12.8 Å². The number of rotatable bonds is 7. The summed E-state index contributed by atoms with van der Waals surface area (Å²) in [6, 6.07) is 19.8. The average Bonchev–Trinajstić information content (AvgIpc) is 2.67. The first kappa shape index (κ1) is 17.2. The molecular formula is C22H24N2O. The summed E-state index contributed by atoms with van der Waals surface area (Å²) in [5.41, 5.74) is 2.74. The Morgan fingerprint density at radius 3 is 2.68 bits per heavy atom. The molecular weight excluding hydrogens is 308 g/mol. The lowest BCUT2D eigenvalue weighted by Gasteiger charge is -2.19. The molecule has 3 rings (SSSR count). The molecule has 1 heterocycles. The van der Waals surface area contributed by atoms with Gasteiger partial charge in [0.2, 0.25) is 0 Å². The number of benzene rings is 2. The van der Waals surface area contributed by atoms with Crippen LogP contribution in [0.15, 0.2) is 66.9 Å². The van der Waals surface area contributed by atoms with Crippen molar-refractivity contribution >= 4 is 16.8 Å². The highest BCUT2D eigenvalue weighted by Gasteiger charge is 2.15. The fourth-order valence-corrected chi connectivity index (χ4v) is 3.06. The molecule has 128 valence electrons. The fourth-order valence-electron chi connectivity index (χ4n) is 3.06. The molecule has 1 aromatic heterocycles. The Labute approximate surface area is 149 Å². The van der Waals surface area contributed by atoms with Crippen LogP contribution in [0.2, 0.25) is 0 Å². The van der Waals surface area contributed by atoms with E-state index in [1.807, 2.05) is 48.5 Å². The number of pyridine rings is 1. The summed E-state index contributed by atoms with van der Waals surface area (Å²) in [5.74, 6) is -0.0314. The molecule has 0 spiro atoms. The van der Waals surface area contributed by atoms with Gasteiger partial charge in [0, 0.05) is 17.1 Å². The maximum atomic E-state index is 12.8. The van der Waals surface area contributed by atoms with Crippen molar-refractivity contribution in [2.24, 2.45) is 0 Å². The Morgan fingerprint density at radius 2 is 1.88 bits per heavy atom. The third-order valence-electron chi connectivity index (χ3n) is 4.47. The van der Waals surface area contributed by atoms with Gasteiger partial charge in [0.1, 0.15) is 0 Å². The second kappa shape index (κ2) is 8.43. The second-order valence-electron chi connectivity index (χ2n) is 6.34. The van der Waals surface area contributed by atoms with Crippen molar-refractivity contribution < 1.29 is 4.79 Å². The summed E-state index contributed by atoms with van der Waals surface area (Å²) in [4.78, 5) is 17.1. The van der Waals surface area contributed by atoms with E-state index in [1.54, 1.807) is 6.20 Å². The zero-order valence-electron chi connectivity index (χ0n) is 14.6. The molecule has 0 saturated carbocycles. The largest absolute Gasteiger partial charge is 0.345 e. The van der Waals surface area contributed by atoms with E-state index < -0.39 is 0 Å². The van der Waals surface area contributed by atoms with E-state index in [4.69, 9.17) is 0 Å². The molecule has 3 aromatic rings. The Bertz CT molecular complexity index is 830. The van der Waals surface area contributed by atoms with Crippen molar-refractivity contribution in [2.75, 3.05) is 0 Å². The zero-order chi connectivity index (χ0) is 17.5. The summed E-state index contributed by atoms with van der Waals surface area (Å²) in [6.07, 6.45) is 6.19. The topological polar surface area (TPSA) is 42.0 Å². The van der Waals surface area contributed by atoms with Crippen molar-refractivity contribution in [3.8, 4) is 0 Å². The van der Waals surface area contributed by atoms with Gasteiger partial charge in [0.05, 0.1) is 11.6 Å². The Balaban J connectivity index is 1.78. The number of nitrogens with zero attached hydrogens (tertiary/aromatic N) is 1. The smallest absolute Gasteiger partial charge is 0.251 e. The summed E-state index contributed by atoms with van der Waals surface area (Å²) < 4.78 is 0. The summed E-state index contributed by atoms with van der Waals surface area (Å²) in [5, 5.41) is 4.20. The lowest BCUT2D eigenvalue weighted by atomic mass is 9.99. The van der Waals surface area contributed by atoms with Crippen LogP contribution in [0.3, 0.4) is 0 Å². The van der Waals surface area contributed by atoms with Crippen molar-refractivity contribution in [3.63, 3.8) is 0 Å². The quantitative estimate of drug-likeness (QED) is 0.598. The number of fused-ring (bicyclic) bond motifs is 1. The van der Waals surface area contributed by atoms with Crippen LogP contribution in [0.25, 0.3) is 10.9 Å². The molecule has 0 aliphatic rings. The van der Waals surface area contributed by atoms with Gasteiger partial charge >= 0.3 is 0 Å². The Kier molecular flexibility index (Phi) is 5.78. The number of carbonyl (C=O) groups is 1. The van der Waals surface area contributed by atoms with Crippen molar-refractivity contribution in [2.45, 2.75) is 38.6 Å². The normalized spacial score (nSPS) is 12.0. The van der Waals surface area contributed by atoms with Gasteiger partial charge in [-0.1, -0.05) is 62.6 Å². The number of amides is 1. The summed E-state index contributed by atoms with van der Waals surface area (Å²) in [6.45, 7) is 2.19. The Hall–Kier alpha value is -2.68. The number of nitrogens with one attached hydrogen (secondary N) is 1. The van der Waals surface area contributed by atoms with E-state index in [2.05, 4.69) is 29.4 Å². The molecule has 0 fully saturated rings. The highest BCUT2D eigenvalue weighted by atomic mass is 16.1. The van der Waals surface area contributed by atoms with Crippen LogP contribution in [0.1, 0.15) is 54.6 Å². The first-order chi connectivity index (χ1) is 12.3. The molecule has 0 bridgehead atoms. The monoisotopic (exact) mass is 332 g/mol. The molecule has 1 unspecified atom stereocenters. The molecule has 0 aliphatic heterocycles. The minimum absolute atomic E-state index is 0.0314. The summed E-state index contributed by atoms with van der Waals surface area (Å²) in [7, 11) is 0. The van der Waals surface area contributed by atoms with Crippen molar-refractivity contribution in [1.82, 2.24) is 10.3 Å². The van der Waals surface area contributed by atoms with E-state index in [9.17, 15) is 4.79 Å². The first-order valence-electron chi connectivity index (χ1n) is 8.98. The molecule has 1 atom stereocenters. The maximum Gasteiger partial charge on any atom is 0.251 e. The van der Waals surface area contributed by atoms with Gasteiger partial charge in [-0.25, -0.2) is 0 Å². The second-order valence-corrected chi connectivity index (χ2v) is 6.34. The van der Waals surface area contributed by atoms with Crippen molar-refractivity contribution in [1.29, 1.82) is 0 Å². The van der Waals surface area contributed by atoms with Gasteiger partial charge in [-0.15, -0.1) is 0 Å². The molecule has 25 heavy (non-hydrogen) atoms. The Morgan fingerprint density at radius 1 is 1.04 bits per heavy atom. The number of hydrogen-bond acceptors (Lipinski definition) is 2. The minimum Gasteiger partial charge on any atom is -0.345 e. The van der Waals surface area contributed by atoms with E-state index in [0.29, 0.717) is 5.56 Å². The van der Waals surface area contributed by atoms with E-state index in [0.717, 1.165) is 29.3 Å². The molecule has 0 aliphatic carbocycles. The van der Waals surface area contributed by atoms with Crippen LogP contribution >= 0.6 is 0 Å². The third kappa shape index (κ3) is 4.44. The van der Waals surface area contributed by atoms with Crippen LogP contribution < -0.4 is 5.32 Å². The third-order valence-corrected chi connectivity index (χ3v) is 4.47. The van der Waals surface area contributed by atoms with Gasteiger partial charge in [0.25, 0.3) is 5.91 Å². The van der Waals surface area contributed by atoms with Gasteiger partial charge < -0.3 is 5.32 Å². The maximum absolute atomic E-state index is 12.8. The van der Waals surface area contributed by atoms with Crippen LogP contribution in [-0.2, 0) is 0 Å². The standard InChI is InChI=1S/C22H24N2O/c1-2-3-5-12-21(17-9-6-4-7-10-17)24-22(25)19-13-14-20-18(16-19)11-8-15-23-20/h4,6-11,13-16,21H,2-3,5,12H2,1H3,(H,24,25).